The third-order valence-electron chi connectivity index (χ3n) is 3.69. The molecule has 1 heterocycles. The number of hydrogen-bond acceptors (Lipinski definition) is 4. The molecule has 0 spiro atoms. The Morgan fingerprint density at radius 1 is 1.26 bits per heavy atom. The minimum Gasteiger partial charge on any atom is -0.357 e. The van der Waals surface area contributed by atoms with Gasteiger partial charge in [-0.15, -0.1) is 24.0 Å². The molecule has 0 saturated carbocycles. The lowest BCUT2D eigenvalue weighted by atomic mass is 10.1. The van der Waals surface area contributed by atoms with Crippen LogP contribution in [0.4, 0.5) is 0 Å². The second kappa shape index (κ2) is 11.8. The first kappa shape index (κ1) is 23.3. The van der Waals surface area contributed by atoms with Gasteiger partial charge in [0.1, 0.15) is 0 Å². The van der Waals surface area contributed by atoms with Gasteiger partial charge in [-0.05, 0) is 19.8 Å². The summed E-state index contributed by atoms with van der Waals surface area (Å²) in [6, 6.07) is 0.286. The van der Waals surface area contributed by atoms with E-state index in [0.29, 0.717) is 25.0 Å². The molecule has 0 aliphatic carbocycles. The van der Waals surface area contributed by atoms with Gasteiger partial charge in [-0.1, -0.05) is 13.8 Å². The van der Waals surface area contributed by atoms with E-state index in [1.54, 1.807) is 16.1 Å². The monoisotopic (exact) mass is 478 g/mol. The van der Waals surface area contributed by atoms with Crippen LogP contribution in [0.5, 0.6) is 0 Å². The first-order valence-corrected chi connectivity index (χ1v) is 10.7. The Morgan fingerprint density at radius 2 is 1.87 bits per heavy atom. The summed E-state index contributed by atoms with van der Waals surface area (Å²) in [5, 5.41) is 6.47. The van der Waals surface area contributed by atoms with Crippen LogP contribution < -0.4 is 10.6 Å². The summed E-state index contributed by atoms with van der Waals surface area (Å²) < 4.78 is 26.1. The third-order valence-corrected chi connectivity index (χ3v) is 6.48. The van der Waals surface area contributed by atoms with Gasteiger partial charge in [-0.3, -0.25) is 4.99 Å². The summed E-state index contributed by atoms with van der Waals surface area (Å²) in [6.07, 6.45) is 0. The SMILES string of the molecule is CCNC(=NCCS(=O)(=O)N1CCSCC1)NC(C)C(C)C.I. The minimum atomic E-state index is -3.18. The normalized spacial score (nSPS) is 18.4. The standard InChI is InChI=1S/C14H30N4O2S2.HI/c1-5-15-14(17-13(4)12(2)3)16-6-11-22(19,20)18-7-9-21-10-8-18;/h12-13H,5-11H2,1-4H3,(H2,15,16,17);1H. The van der Waals surface area contributed by atoms with Crippen LogP contribution in [0, 0.1) is 5.92 Å². The third kappa shape index (κ3) is 8.78. The lowest BCUT2D eigenvalue weighted by molar-refractivity contribution is 0.443. The second-order valence-electron chi connectivity index (χ2n) is 5.77. The van der Waals surface area contributed by atoms with Gasteiger partial charge < -0.3 is 10.6 Å². The largest absolute Gasteiger partial charge is 0.357 e. The summed E-state index contributed by atoms with van der Waals surface area (Å²) in [5.74, 6) is 3.02. The number of nitrogens with zero attached hydrogens (tertiary/aromatic N) is 2. The maximum Gasteiger partial charge on any atom is 0.215 e. The Labute approximate surface area is 162 Å². The molecule has 1 saturated heterocycles. The van der Waals surface area contributed by atoms with Crippen molar-refractivity contribution in [1.82, 2.24) is 14.9 Å². The zero-order chi connectivity index (χ0) is 16.6. The summed E-state index contributed by atoms with van der Waals surface area (Å²) in [6.45, 7) is 10.7. The van der Waals surface area contributed by atoms with E-state index in [0.717, 1.165) is 18.1 Å². The number of halogens is 1. The molecule has 1 atom stereocenters. The fourth-order valence-corrected chi connectivity index (χ4v) is 4.38. The van der Waals surface area contributed by atoms with Crippen LogP contribution in [0.2, 0.25) is 0 Å². The molecular formula is C14H31IN4O2S2. The summed E-state index contributed by atoms with van der Waals surface area (Å²) in [5.41, 5.74) is 0. The van der Waals surface area contributed by atoms with Gasteiger partial charge in [0.25, 0.3) is 0 Å². The van der Waals surface area contributed by atoms with E-state index < -0.39 is 10.0 Å². The van der Waals surface area contributed by atoms with Crippen molar-refractivity contribution in [2.24, 2.45) is 10.9 Å². The van der Waals surface area contributed by atoms with Crippen molar-refractivity contribution in [3.05, 3.63) is 0 Å². The van der Waals surface area contributed by atoms with Crippen molar-refractivity contribution >= 4 is 51.7 Å². The van der Waals surface area contributed by atoms with Crippen LogP contribution in [0.15, 0.2) is 4.99 Å². The molecule has 1 rings (SSSR count). The Bertz CT molecular complexity index is 452. The Balaban J connectivity index is 0.00000484. The zero-order valence-corrected chi connectivity index (χ0v) is 18.5. The van der Waals surface area contributed by atoms with E-state index in [9.17, 15) is 8.42 Å². The quantitative estimate of drug-likeness (QED) is 0.330. The van der Waals surface area contributed by atoms with Gasteiger partial charge in [-0.2, -0.15) is 11.8 Å². The average Bonchev–Trinajstić information content (AvgIpc) is 2.48. The number of thioether (sulfide) groups is 1. The molecule has 2 N–H and O–H groups in total. The molecule has 6 nitrogen and oxygen atoms in total. The Morgan fingerprint density at radius 3 is 2.39 bits per heavy atom. The number of aliphatic imine (C=N–C) groups is 1. The van der Waals surface area contributed by atoms with E-state index in [-0.39, 0.29) is 42.3 Å². The highest BCUT2D eigenvalue weighted by Gasteiger charge is 2.23. The van der Waals surface area contributed by atoms with E-state index in [1.165, 1.54) is 0 Å². The van der Waals surface area contributed by atoms with Crippen molar-refractivity contribution in [1.29, 1.82) is 0 Å². The van der Waals surface area contributed by atoms with Gasteiger partial charge >= 0.3 is 0 Å². The van der Waals surface area contributed by atoms with E-state index in [4.69, 9.17) is 0 Å². The topological polar surface area (TPSA) is 73.8 Å². The summed E-state index contributed by atoms with van der Waals surface area (Å²) in [4.78, 5) is 4.40. The first-order valence-electron chi connectivity index (χ1n) is 7.97. The molecule has 9 heteroatoms. The predicted molar refractivity (Wildman–Crippen MR) is 112 cm³/mol. The molecule has 0 aromatic carbocycles. The van der Waals surface area contributed by atoms with Gasteiger partial charge in [0.15, 0.2) is 5.96 Å². The molecule has 0 amide bonds. The molecule has 0 bridgehead atoms. The highest BCUT2D eigenvalue weighted by Crippen LogP contribution is 2.13. The van der Waals surface area contributed by atoms with Crippen molar-refractivity contribution in [3.8, 4) is 0 Å². The van der Waals surface area contributed by atoms with Crippen molar-refractivity contribution < 1.29 is 8.42 Å². The predicted octanol–water partition coefficient (Wildman–Crippen LogP) is 1.58. The number of nitrogens with one attached hydrogen (secondary N) is 2. The number of hydrogen-bond donors (Lipinski definition) is 2. The molecule has 23 heavy (non-hydrogen) atoms. The molecule has 1 unspecified atom stereocenters. The maximum atomic E-state index is 12.3. The van der Waals surface area contributed by atoms with E-state index in [1.807, 2.05) is 6.92 Å². The van der Waals surface area contributed by atoms with Crippen LogP contribution in [0.1, 0.15) is 27.7 Å². The van der Waals surface area contributed by atoms with Crippen LogP contribution in [0.25, 0.3) is 0 Å². The number of guanidine groups is 1. The molecule has 1 aliphatic heterocycles. The fraction of sp³-hybridized carbons (Fsp3) is 0.929. The smallest absolute Gasteiger partial charge is 0.215 e. The minimum absolute atomic E-state index is 0. The van der Waals surface area contributed by atoms with Crippen LogP contribution >= 0.6 is 35.7 Å². The maximum absolute atomic E-state index is 12.3. The molecule has 1 aliphatic rings. The lowest BCUT2D eigenvalue weighted by Crippen LogP contribution is -2.44. The molecular weight excluding hydrogens is 447 g/mol. The highest BCUT2D eigenvalue weighted by atomic mass is 127. The van der Waals surface area contributed by atoms with Crippen LogP contribution in [0.3, 0.4) is 0 Å². The molecule has 138 valence electrons. The Kier molecular flexibility index (Phi) is 11.9. The van der Waals surface area contributed by atoms with E-state index in [2.05, 4.69) is 36.4 Å². The van der Waals surface area contributed by atoms with Crippen molar-refractivity contribution in [3.63, 3.8) is 0 Å². The number of sulfonamides is 1. The molecule has 0 radical (unpaired) electrons. The van der Waals surface area contributed by atoms with Gasteiger partial charge in [0.2, 0.25) is 10.0 Å². The zero-order valence-electron chi connectivity index (χ0n) is 14.5. The van der Waals surface area contributed by atoms with Gasteiger partial charge in [0.05, 0.1) is 12.3 Å². The van der Waals surface area contributed by atoms with Crippen LogP contribution in [-0.2, 0) is 10.0 Å². The fourth-order valence-electron chi connectivity index (χ4n) is 1.93. The van der Waals surface area contributed by atoms with Crippen molar-refractivity contribution in [2.45, 2.75) is 33.7 Å². The van der Waals surface area contributed by atoms with Gasteiger partial charge in [0, 0.05) is 37.2 Å². The summed E-state index contributed by atoms with van der Waals surface area (Å²) >= 11 is 1.81. The second-order valence-corrected chi connectivity index (χ2v) is 9.08. The van der Waals surface area contributed by atoms with Crippen molar-refractivity contribution in [2.75, 3.05) is 43.4 Å². The Hall–Kier alpha value is 0.260. The number of rotatable bonds is 7. The highest BCUT2D eigenvalue weighted by molar-refractivity contribution is 14.0. The molecule has 0 aromatic heterocycles. The average molecular weight is 478 g/mol. The molecule has 0 aromatic rings. The van der Waals surface area contributed by atoms with E-state index >= 15 is 0 Å². The summed E-state index contributed by atoms with van der Waals surface area (Å²) in [7, 11) is -3.18. The lowest BCUT2D eigenvalue weighted by Gasteiger charge is -2.25. The molecule has 1 fully saturated rings. The van der Waals surface area contributed by atoms with Gasteiger partial charge in [-0.25, -0.2) is 12.7 Å². The van der Waals surface area contributed by atoms with Crippen LogP contribution in [-0.4, -0.2) is 68.2 Å². The first-order chi connectivity index (χ1) is 10.4.